The minimum atomic E-state index is 0.241. The van der Waals surface area contributed by atoms with Crippen molar-refractivity contribution in [3.8, 4) is 0 Å². The third-order valence-electron chi connectivity index (χ3n) is 0.754. The summed E-state index contributed by atoms with van der Waals surface area (Å²) >= 11 is 0. The third kappa shape index (κ3) is 0.500. The summed E-state index contributed by atoms with van der Waals surface area (Å²) in [7, 11) is 0. The highest BCUT2D eigenvalue weighted by Gasteiger charge is 1.96. The molecule has 0 saturated carbocycles. The molecular weight excluding hydrogens is 104 g/mol. The number of aromatic amines is 1. The lowest BCUT2D eigenvalue weighted by Gasteiger charge is -1.79. The monoisotopic (exact) mass is 108 g/mol. The molecule has 40 valence electrons. The van der Waals surface area contributed by atoms with E-state index >= 15 is 0 Å². The quantitative estimate of drug-likeness (QED) is 0.476. The maximum Gasteiger partial charge on any atom is 0.311 e. The average Bonchev–Trinajstić information content (AvgIpc) is 2.14. The van der Waals surface area contributed by atoms with Crippen LogP contribution in [0.1, 0.15) is 0 Å². The minimum Gasteiger partial charge on any atom is -0.393 e. The second-order valence-electron chi connectivity index (χ2n) is 1.25. The normalized spacial score (nSPS) is 8.38. The van der Waals surface area contributed by atoms with Crippen molar-refractivity contribution in [1.82, 2.24) is 9.97 Å². The number of nitrogens with zero attached hydrogens (tertiary/aromatic N) is 2. The van der Waals surface area contributed by atoms with Gasteiger partial charge in [-0.3, -0.25) is 0 Å². The van der Waals surface area contributed by atoms with Gasteiger partial charge in [0.05, 0.1) is 0 Å². The Morgan fingerprint density at radius 1 is 1.88 bits per heavy atom. The molecule has 0 aliphatic carbocycles. The van der Waals surface area contributed by atoms with Crippen LogP contribution >= 0.6 is 0 Å². The summed E-state index contributed by atoms with van der Waals surface area (Å²) in [5.74, 6) is 0.574. The van der Waals surface area contributed by atoms with Crippen molar-refractivity contribution in [2.75, 3.05) is 5.73 Å². The van der Waals surface area contributed by atoms with Gasteiger partial charge in [0.1, 0.15) is 5.82 Å². The molecule has 0 fully saturated rings. The van der Waals surface area contributed by atoms with Gasteiger partial charge in [-0.25, -0.2) is 0 Å². The van der Waals surface area contributed by atoms with Gasteiger partial charge >= 0.3 is 5.82 Å². The first-order valence-electron chi connectivity index (χ1n) is 2.01. The van der Waals surface area contributed by atoms with E-state index in [9.17, 15) is 0 Å². The summed E-state index contributed by atoms with van der Waals surface area (Å²) in [6.07, 6.45) is 1.39. The Kier molecular flexibility index (Phi) is 0.897. The van der Waals surface area contributed by atoms with Gasteiger partial charge in [-0.15, -0.1) is 4.98 Å². The second kappa shape index (κ2) is 1.54. The van der Waals surface area contributed by atoms with E-state index in [4.69, 9.17) is 12.3 Å². The SMILES string of the molecule is [C-]#[N+]c1nc[nH]c1N. The van der Waals surface area contributed by atoms with Crippen LogP contribution in [0, 0.1) is 6.57 Å². The molecule has 0 amide bonds. The van der Waals surface area contributed by atoms with Gasteiger partial charge in [0.15, 0.2) is 6.33 Å². The third-order valence-corrected chi connectivity index (χ3v) is 0.754. The van der Waals surface area contributed by atoms with Crippen LogP contribution in [0.5, 0.6) is 0 Å². The number of hydrogen-bond donors (Lipinski definition) is 2. The molecule has 0 spiro atoms. The van der Waals surface area contributed by atoms with Crippen molar-refractivity contribution in [3.05, 3.63) is 17.7 Å². The molecule has 4 nitrogen and oxygen atoms in total. The van der Waals surface area contributed by atoms with Crippen LogP contribution in [0.3, 0.4) is 0 Å². The maximum absolute atomic E-state index is 6.46. The largest absolute Gasteiger partial charge is 0.393 e. The number of aromatic nitrogens is 2. The number of hydrogen-bond acceptors (Lipinski definition) is 2. The van der Waals surface area contributed by atoms with E-state index in [1.54, 1.807) is 0 Å². The summed E-state index contributed by atoms with van der Waals surface area (Å²) in [6, 6.07) is 0. The Balaban J connectivity index is 3.15. The summed E-state index contributed by atoms with van der Waals surface area (Å²) in [5.41, 5.74) is 5.22. The number of rotatable bonds is 0. The Bertz CT molecular complexity index is 218. The summed E-state index contributed by atoms with van der Waals surface area (Å²) in [5, 5.41) is 0. The topological polar surface area (TPSA) is 59.1 Å². The number of nitrogen functional groups attached to an aromatic ring is 1. The molecule has 1 heterocycles. The van der Waals surface area contributed by atoms with Crippen LogP contribution < -0.4 is 5.73 Å². The number of anilines is 1. The standard InChI is InChI=1S/C4H4N4/c1-6-4-3(5)7-2-8-4/h2H,5H2,(H,7,8). The number of nitrogens with two attached hydrogens (primary N) is 1. The second-order valence-corrected chi connectivity index (χ2v) is 1.25. The van der Waals surface area contributed by atoms with E-state index in [0.717, 1.165) is 0 Å². The lowest BCUT2D eigenvalue weighted by molar-refractivity contribution is 1.32. The van der Waals surface area contributed by atoms with E-state index in [1.165, 1.54) is 6.33 Å². The lowest BCUT2D eigenvalue weighted by Crippen LogP contribution is -1.81. The fourth-order valence-electron chi connectivity index (χ4n) is 0.386. The van der Waals surface area contributed by atoms with Crippen LogP contribution in [0.2, 0.25) is 0 Å². The van der Waals surface area contributed by atoms with Crippen molar-refractivity contribution in [2.45, 2.75) is 0 Å². The molecule has 8 heavy (non-hydrogen) atoms. The number of H-pyrrole nitrogens is 1. The molecule has 0 aliphatic rings. The van der Waals surface area contributed by atoms with Gasteiger partial charge in [-0.2, -0.15) is 0 Å². The van der Waals surface area contributed by atoms with Crippen molar-refractivity contribution >= 4 is 11.6 Å². The fourth-order valence-corrected chi connectivity index (χ4v) is 0.386. The Morgan fingerprint density at radius 3 is 2.88 bits per heavy atom. The van der Waals surface area contributed by atoms with E-state index in [0.29, 0.717) is 5.82 Å². The zero-order valence-electron chi connectivity index (χ0n) is 4.05. The lowest BCUT2D eigenvalue weighted by atomic mass is 10.7. The van der Waals surface area contributed by atoms with Crippen molar-refractivity contribution in [2.24, 2.45) is 0 Å². The Labute approximate surface area is 46.2 Å². The van der Waals surface area contributed by atoms with Crippen LogP contribution in [-0.4, -0.2) is 9.97 Å². The van der Waals surface area contributed by atoms with Gasteiger partial charge in [0.2, 0.25) is 0 Å². The molecule has 0 bridgehead atoms. The molecule has 0 unspecified atom stereocenters. The summed E-state index contributed by atoms with van der Waals surface area (Å²) < 4.78 is 0. The first-order chi connectivity index (χ1) is 3.84. The molecule has 0 atom stereocenters. The van der Waals surface area contributed by atoms with Gasteiger partial charge in [0.25, 0.3) is 0 Å². The average molecular weight is 108 g/mol. The molecule has 1 aromatic heterocycles. The summed E-state index contributed by atoms with van der Waals surface area (Å²) in [6.45, 7) is 6.46. The first-order valence-corrected chi connectivity index (χ1v) is 2.01. The highest BCUT2D eigenvalue weighted by molar-refractivity contribution is 5.56. The molecule has 0 aliphatic heterocycles. The Morgan fingerprint density at radius 2 is 2.62 bits per heavy atom. The molecule has 1 aromatic rings. The van der Waals surface area contributed by atoms with Crippen LogP contribution in [0.25, 0.3) is 4.85 Å². The number of nitrogens with one attached hydrogen (secondary N) is 1. The zero-order valence-corrected chi connectivity index (χ0v) is 4.05. The van der Waals surface area contributed by atoms with Crippen LogP contribution in [0.15, 0.2) is 6.33 Å². The van der Waals surface area contributed by atoms with Crippen molar-refractivity contribution in [1.29, 1.82) is 0 Å². The van der Waals surface area contributed by atoms with E-state index in [2.05, 4.69) is 14.8 Å². The smallest absolute Gasteiger partial charge is 0.311 e. The zero-order chi connectivity index (χ0) is 5.98. The van der Waals surface area contributed by atoms with E-state index in [1.807, 2.05) is 0 Å². The number of imidazole rings is 1. The van der Waals surface area contributed by atoms with E-state index in [-0.39, 0.29) is 5.82 Å². The fraction of sp³-hybridized carbons (Fsp3) is 0. The molecule has 0 aromatic carbocycles. The Hall–Kier alpha value is -1.50. The minimum absolute atomic E-state index is 0.241. The van der Waals surface area contributed by atoms with Gasteiger partial charge < -0.3 is 15.6 Å². The van der Waals surface area contributed by atoms with Gasteiger partial charge in [-0.05, 0) is 0 Å². The predicted molar refractivity (Wildman–Crippen MR) is 29.3 cm³/mol. The molecular formula is C4H4N4. The van der Waals surface area contributed by atoms with E-state index < -0.39 is 0 Å². The summed E-state index contributed by atoms with van der Waals surface area (Å²) in [4.78, 5) is 9.18. The molecule has 0 radical (unpaired) electrons. The van der Waals surface area contributed by atoms with Crippen LogP contribution in [0.4, 0.5) is 11.6 Å². The highest BCUT2D eigenvalue weighted by Crippen LogP contribution is 2.13. The van der Waals surface area contributed by atoms with Gasteiger partial charge in [0, 0.05) is 0 Å². The predicted octanol–water partition coefficient (Wildman–Crippen LogP) is 0.543. The van der Waals surface area contributed by atoms with Crippen molar-refractivity contribution < 1.29 is 0 Å². The molecule has 3 N–H and O–H groups in total. The van der Waals surface area contributed by atoms with Crippen molar-refractivity contribution in [3.63, 3.8) is 0 Å². The van der Waals surface area contributed by atoms with Gasteiger partial charge in [-0.1, -0.05) is 6.57 Å². The molecule has 0 saturated heterocycles. The molecule has 1 rings (SSSR count). The molecule has 4 heteroatoms. The highest BCUT2D eigenvalue weighted by atomic mass is 15.0. The maximum atomic E-state index is 6.46. The van der Waals surface area contributed by atoms with Crippen LogP contribution in [-0.2, 0) is 0 Å². The first kappa shape index (κ1) is 4.65.